The normalized spacial score (nSPS) is 14.7. The number of hydrogen-bond donors (Lipinski definition) is 1. The van der Waals surface area contributed by atoms with Crippen LogP contribution in [-0.2, 0) is 4.79 Å². The maximum atomic E-state index is 12.8. The molecule has 1 aliphatic heterocycles. The van der Waals surface area contributed by atoms with Gasteiger partial charge < -0.3 is 19.5 Å². The largest absolute Gasteiger partial charge is 0.497 e. The Morgan fingerprint density at radius 2 is 1.83 bits per heavy atom. The first-order chi connectivity index (χ1) is 17.0. The predicted molar refractivity (Wildman–Crippen MR) is 128 cm³/mol. The summed E-state index contributed by atoms with van der Waals surface area (Å²) in [5.41, 5.74) is 3.92. The van der Waals surface area contributed by atoms with E-state index in [0.717, 1.165) is 22.4 Å². The number of hydrogen-bond acceptors (Lipinski definition) is 8. The molecule has 1 unspecified atom stereocenters. The van der Waals surface area contributed by atoms with Gasteiger partial charge in [0.1, 0.15) is 23.1 Å². The van der Waals surface area contributed by atoms with Crippen LogP contribution in [0.2, 0.25) is 0 Å². The summed E-state index contributed by atoms with van der Waals surface area (Å²) in [4.78, 5) is 17.5. The lowest BCUT2D eigenvalue weighted by atomic mass is 9.85. The monoisotopic (exact) mass is 472 g/mol. The third kappa shape index (κ3) is 4.03. The lowest BCUT2D eigenvalue weighted by molar-refractivity contribution is -0.116. The second kappa shape index (κ2) is 9.05. The van der Waals surface area contributed by atoms with Crippen molar-refractivity contribution in [2.24, 2.45) is 0 Å². The highest BCUT2D eigenvalue weighted by molar-refractivity contribution is 5.95. The molecule has 35 heavy (non-hydrogen) atoms. The number of fused-ring (bicyclic) bond motifs is 1. The Hall–Kier alpha value is -4.47. The Kier molecular flexibility index (Phi) is 5.77. The molecule has 4 aromatic rings. The van der Waals surface area contributed by atoms with E-state index in [9.17, 15) is 4.79 Å². The smallest absolute Gasteiger partial charge is 0.272 e. The summed E-state index contributed by atoms with van der Waals surface area (Å²) in [6.45, 7) is 1.90. The van der Waals surface area contributed by atoms with Gasteiger partial charge >= 0.3 is 0 Å². The van der Waals surface area contributed by atoms with Gasteiger partial charge in [0.05, 0.1) is 38.9 Å². The lowest BCUT2D eigenvalue weighted by Crippen LogP contribution is -2.25. The molecule has 1 amide bonds. The molecule has 0 fully saturated rings. The number of nitrogens with one attached hydrogen (secondary N) is 1. The predicted octanol–water partition coefficient (Wildman–Crippen LogP) is 3.53. The number of aromatic nitrogens is 5. The molecule has 0 spiro atoms. The molecule has 0 aliphatic carbocycles. The second-order valence-electron chi connectivity index (χ2n) is 8.05. The fourth-order valence-corrected chi connectivity index (χ4v) is 4.37. The van der Waals surface area contributed by atoms with Crippen molar-refractivity contribution in [1.29, 1.82) is 0 Å². The van der Waals surface area contributed by atoms with Crippen LogP contribution >= 0.6 is 0 Å². The molecule has 10 nitrogen and oxygen atoms in total. The standard InChI is InChI=1S/C25H24N6O4/c1-14-23-19(18-9-8-17(34-3)11-21(18)35-4)12-22(32)28-24(23)31(30-14)25-27-20(13-26-29-25)15-6-5-7-16(10-15)33-2/h5-11,13,19H,12H2,1-4H3,(H,28,32). The van der Waals surface area contributed by atoms with E-state index in [2.05, 4.69) is 25.6 Å². The SMILES string of the molecule is COc1cccc(-c2cnnc(-n3nc(C)c4c3NC(=O)CC4c3ccc(OC)cc3OC)n2)c1. The maximum Gasteiger partial charge on any atom is 0.272 e. The number of carbonyl (C=O) groups excluding carboxylic acids is 1. The third-order valence-corrected chi connectivity index (χ3v) is 6.02. The molecule has 3 heterocycles. The molecule has 1 aliphatic rings. The molecule has 1 atom stereocenters. The molecule has 2 aromatic carbocycles. The van der Waals surface area contributed by atoms with Gasteiger partial charge in [0.25, 0.3) is 5.95 Å². The van der Waals surface area contributed by atoms with Gasteiger partial charge in [0.2, 0.25) is 5.91 Å². The number of ether oxygens (including phenoxy) is 3. The minimum absolute atomic E-state index is 0.140. The van der Waals surface area contributed by atoms with Gasteiger partial charge in [-0.3, -0.25) is 4.79 Å². The zero-order valence-corrected chi connectivity index (χ0v) is 19.8. The van der Waals surface area contributed by atoms with Crippen molar-refractivity contribution in [3.63, 3.8) is 0 Å². The van der Waals surface area contributed by atoms with Gasteiger partial charge in [0, 0.05) is 35.1 Å². The number of methoxy groups -OCH3 is 3. The van der Waals surface area contributed by atoms with Crippen LogP contribution in [0, 0.1) is 6.92 Å². The summed E-state index contributed by atoms with van der Waals surface area (Å²) in [5, 5.41) is 16.0. The molecule has 0 saturated carbocycles. The van der Waals surface area contributed by atoms with E-state index < -0.39 is 0 Å². The number of amides is 1. The first-order valence-electron chi connectivity index (χ1n) is 11.0. The van der Waals surface area contributed by atoms with E-state index in [1.165, 1.54) is 4.68 Å². The van der Waals surface area contributed by atoms with Crippen LogP contribution in [0.3, 0.4) is 0 Å². The van der Waals surface area contributed by atoms with Crippen molar-refractivity contribution in [3.05, 3.63) is 65.5 Å². The summed E-state index contributed by atoms with van der Waals surface area (Å²) in [6.07, 6.45) is 1.83. The minimum atomic E-state index is -0.261. The first kappa shape index (κ1) is 22.3. The highest BCUT2D eigenvalue weighted by Crippen LogP contribution is 2.43. The van der Waals surface area contributed by atoms with E-state index >= 15 is 0 Å². The number of carbonyl (C=O) groups is 1. The van der Waals surface area contributed by atoms with Gasteiger partial charge in [-0.25, -0.2) is 4.98 Å². The van der Waals surface area contributed by atoms with E-state index in [1.807, 2.05) is 49.4 Å². The molecule has 10 heteroatoms. The van der Waals surface area contributed by atoms with Crippen molar-refractivity contribution in [2.45, 2.75) is 19.3 Å². The van der Waals surface area contributed by atoms with Gasteiger partial charge in [-0.1, -0.05) is 18.2 Å². The van der Waals surface area contributed by atoms with E-state index in [1.54, 1.807) is 27.5 Å². The Morgan fingerprint density at radius 1 is 1.03 bits per heavy atom. The fraction of sp³-hybridized carbons (Fsp3) is 0.240. The van der Waals surface area contributed by atoms with Gasteiger partial charge in [-0.05, 0) is 25.1 Å². The van der Waals surface area contributed by atoms with Crippen molar-refractivity contribution in [2.75, 3.05) is 26.6 Å². The number of benzene rings is 2. The first-order valence-corrected chi connectivity index (χ1v) is 11.0. The summed E-state index contributed by atoms with van der Waals surface area (Å²) in [7, 11) is 4.81. The number of anilines is 1. The number of nitrogens with zero attached hydrogens (tertiary/aromatic N) is 5. The Morgan fingerprint density at radius 3 is 2.60 bits per heavy atom. The van der Waals surface area contributed by atoms with Crippen molar-refractivity contribution < 1.29 is 19.0 Å². The molecule has 5 rings (SSSR count). The number of rotatable bonds is 6. The zero-order valence-electron chi connectivity index (χ0n) is 19.8. The van der Waals surface area contributed by atoms with Crippen LogP contribution in [0.25, 0.3) is 17.2 Å². The minimum Gasteiger partial charge on any atom is -0.497 e. The van der Waals surface area contributed by atoms with Crippen LogP contribution in [0.4, 0.5) is 5.82 Å². The third-order valence-electron chi connectivity index (χ3n) is 6.02. The summed E-state index contributed by atoms with van der Waals surface area (Å²) in [5.74, 6) is 2.38. The Labute approximate surface area is 201 Å². The highest BCUT2D eigenvalue weighted by Gasteiger charge is 2.35. The highest BCUT2D eigenvalue weighted by atomic mass is 16.5. The quantitative estimate of drug-likeness (QED) is 0.453. The van der Waals surface area contributed by atoms with Crippen LogP contribution < -0.4 is 19.5 Å². The Balaban J connectivity index is 1.61. The Bertz CT molecular complexity index is 1420. The molecule has 0 bridgehead atoms. The molecular weight excluding hydrogens is 448 g/mol. The van der Waals surface area contributed by atoms with Crippen molar-refractivity contribution >= 4 is 11.7 Å². The van der Waals surface area contributed by atoms with E-state index in [4.69, 9.17) is 14.2 Å². The van der Waals surface area contributed by atoms with Gasteiger partial charge in [0.15, 0.2) is 0 Å². The average Bonchev–Trinajstić information content (AvgIpc) is 3.23. The van der Waals surface area contributed by atoms with Gasteiger partial charge in [-0.2, -0.15) is 14.9 Å². The molecule has 178 valence electrons. The summed E-state index contributed by atoms with van der Waals surface area (Å²) < 4.78 is 17.8. The van der Waals surface area contributed by atoms with Crippen LogP contribution in [0.15, 0.2) is 48.7 Å². The topological polar surface area (TPSA) is 113 Å². The average molecular weight is 473 g/mol. The molecule has 0 radical (unpaired) electrons. The molecule has 2 aromatic heterocycles. The fourth-order valence-electron chi connectivity index (χ4n) is 4.37. The molecule has 0 saturated heterocycles. The zero-order chi connectivity index (χ0) is 24.5. The van der Waals surface area contributed by atoms with Crippen molar-refractivity contribution in [3.8, 4) is 34.5 Å². The van der Waals surface area contributed by atoms with E-state index in [0.29, 0.717) is 28.8 Å². The second-order valence-corrected chi connectivity index (χ2v) is 8.05. The van der Waals surface area contributed by atoms with Crippen LogP contribution in [-0.4, -0.2) is 52.2 Å². The van der Waals surface area contributed by atoms with Crippen molar-refractivity contribution in [1.82, 2.24) is 25.0 Å². The summed E-state index contributed by atoms with van der Waals surface area (Å²) >= 11 is 0. The molecule has 1 N–H and O–H groups in total. The summed E-state index contributed by atoms with van der Waals surface area (Å²) in [6, 6.07) is 13.1. The van der Waals surface area contributed by atoms with Crippen LogP contribution in [0.1, 0.15) is 29.2 Å². The maximum absolute atomic E-state index is 12.8. The number of aryl methyl sites for hydroxylation is 1. The lowest BCUT2D eigenvalue weighted by Gasteiger charge is -2.25. The van der Waals surface area contributed by atoms with E-state index in [-0.39, 0.29) is 24.2 Å². The molecular formula is C25H24N6O4. The van der Waals surface area contributed by atoms with Crippen LogP contribution in [0.5, 0.6) is 17.2 Å². The van der Waals surface area contributed by atoms with Gasteiger partial charge in [-0.15, -0.1) is 5.10 Å².